The highest BCUT2D eigenvalue weighted by molar-refractivity contribution is 6.28. The van der Waals surface area contributed by atoms with Crippen LogP contribution in [0.2, 0.25) is 0 Å². The van der Waals surface area contributed by atoms with Crippen molar-refractivity contribution in [1.29, 1.82) is 0 Å². The van der Waals surface area contributed by atoms with Crippen LogP contribution in [0.25, 0.3) is 131 Å². The van der Waals surface area contributed by atoms with Crippen molar-refractivity contribution in [2.75, 3.05) is 9.80 Å². The summed E-state index contributed by atoms with van der Waals surface area (Å²) < 4.78 is 18.6. The predicted octanol–water partition coefficient (Wildman–Crippen LogP) is 22.1. The standard InChI is InChI=1S/C78H48N4O2/c1-5-19-51(20-6-1)79(55-31-35-63-69(45-55)81(53-23-9-3-10-24-53)67-41-29-49-17-13-15-27-59(49)75(63)67)57-33-37-65-73(47-57)83-71-43-39-62-61(77(65)71)40-44-72-78(62)66-38-34-58(48-74(66)84-72)80(52-21-7-2-8-22-52)56-32-36-64-70(46-56)82(54-25-11-4-12-26-54)68-42-30-50-18-14-16-28-60(50)76(64)68/h1-48H. The monoisotopic (exact) mass is 1070 g/mol. The Bertz CT molecular complexity index is 5330. The highest BCUT2D eigenvalue weighted by Crippen LogP contribution is 2.48. The molecule has 0 unspecified atom stereocenters. The van der Waals surface area contributed by atoms with Crippen molar-refractivity contribution in [3.8, 4) is 11.4 Å². The summed E-state index contributed by atoms with van der Waals surface area (Å²) >= 11 is 0. The molecule has 0 saturated heterocycles. The summed E-state index contributed by atoms with van der Waals surface area (Å²) in [6.45, 7) is 0. The molecule has 6 nitrogen and oxygen atoms in total. The Morgan fingerprint density at radius 2 is 0.571 bits per heavy atom. The molecule has 392 valence electrons. The lowest BCUT2D eigenvalue weighted by Crippen LogP contribution is -2.10. The van der Waals surface area contributed by atoms with E-state index in [0.29, 0.717) is 0 Å². The molecule has 0 fully saturated rings. The Labute approximate surface area is 481 Å². The zero-order chi connectivity index (χ0) is 55.0. The van der Waals surface area contributed by atoms with Crippen LogP contribution < -0.4 is 9.80 Å². The minimum absolute atomic E-state index is 0.820. The summed E-state index contributed by atoms with van der Waals surface area (Å²) in [5, 5.41) is 16.4. The number of para-hydroxylation sites is 4. The molecule has 0 aliphatic carbocycles. The van der Waals surface area contributed by atoms with Crippen molar-refractivity contribution in [3.63, 3.8) is 0 Å². The maximum absolute atomic E-state index is 6.89. The highest BCUT2D eigenvalue weighted by atomic mass is 16.3. The molecule has 0 amide bonds. The van der Waals surface area contributed by atoms with Crippen LogP contribution in [0.5, 0.6) is 0 Å². The molecule has 6 heteroatoms. The van der Waals surface area contributed by atoms with Gasteiger partial charge < -0.3 is 27.8 Å². The lowest BCUT2D eigenvalue weighted by atomic mass is 9.99. The number of benzene rings is 14. The molecule has 14 aromatic carbocycles. The van der Waals surface area contributed by atoms with E-state index in [1.807, 2.05) is 0 Å². The topological polar surface area (TPSA) is 42.6 Å². The largest absolute Gasteiger partial charge is 0.456 e. The van der Waals surface area contributed by atoms with Gasteiger partial charge in [0.05, 0.1) is 22.1 Å². The fraction of sp³-hybridized carbons (Fsp3) is 0. The van der Waals surface area contributed by atoms with Gasteiger partial charge in [0.2, 0.25) is 0 Å². The van der Waals surface area contributed by atoms with Crippen molar-refractivity contribution < 1.29 is 8.83 Å². The molecule has 0 aliphatic rings. The molecule has 18 aromatic rings. The first-order valence-electron chi connectivity index (χ1n) is 28.6. The van der Waals surface area contributed by atoms with E-state index in [9.17, 15) is 0 Å². The van der Waals surface area contributed by atoms with E-state index in [1.54, 1.807) is 0 Å². The second-order valence-corrected chi connectivity index (χ2v) is 22.0. The molecule has 0 bridgehead atoms. The van der Waals surface area contributed by atoms with Crippen molar-refractivity contribution in [1.82, 2.24) is 9.13 Å². The van der Waals surface area contributed by atoms with Crippen LogP contribution in [0, 0.1) is 0 Å². The summed E-state index contributed by atoms with van der Waals surface area (Å²) in [7, 11) is 0. The van der Waals surface area contributed by atoms with Crippen LogP contribution >= 0.6 is 0 Å². The fourth-order valence-corrected chi connectivity index (χ4v) is 13.8. The third-order valence-corrected chi connectivity index (χ3v) is 17.4. The van der Waals surface area contributed by atoms with Crippen LogP contribution in [-0.4, -0.2) is 9.13 Å². The van der Waals surface area contributed by atoms with Crippen molar-refractivity contribution in [2.45, 2.75) is 0 Å². The molecule has 4 aromatic heterocycles. The van der Waals surface area contributed by atoms with E-state index >= 15 is 0 Å². The number of fused-ring (bicyclic) bond motifs is 19. The van der Waals surface area contributed by atoms with Crippen LogP contribution in [0.3, 0.4) is 0 Å². The fourth-order valence-electron chi connectivity index (χ4n) is 13.8. The van der Waals surface area contributed by atoms with Gasteiger partial charge in [0, 0.05) is 101 Å². The van der Waals surface area contributed by atoms with Gasteiger partial charge in [0.25, 0.3) is 0 Å². The third kappa shape index (κ3) is 6.92. The summed E-state index contributed by atoms with van der Waals surface area (Å²) in [5.41, 5.74) is 16.4. The van der Waals surface area contributed by atoms with E-state index in [0.717, 1.165) is 111 Å². The number of nitrogens with zero attached hydrogens (tertiary/aromatic N) is 4. The van der Waals surface area contributed by atoms with Gasteiger partial charge in [0.15, 0.2) is 0 Å². The van der Waals surface area contributed by atoms with Gasteiger partial charge in [-0.2, -0.15) is 0 Å². The van der Waals surface area contributed by atoms with Gasteiger partial charge in [-0.3, -0.25) is 0 Å². The van der Waals surface area contributed by atoms with Crippen molar-refractivity contribution in [3.05, 3.63) is 291 Å². The Balaban J connectivity index is 0.766. The summed E-state index contributed by atoms with van der Waals surface area (Å²) in [6.07, 6.45) is 0. The summed E-state index contributed by atoms with van der Waals surface area (Å²) in [4.78, 5) is 4.68. The third-order valence-electron chi connectivity index (χ3n) is 17.4. The minimum Gasteiger partial charge on any atom is -0.456 e. The average Bonchev–Trinajstić information content (AvgIpc) is 2.87. The molecule has 0 N–H and O–H groups in total. The van der Waals surface area contributed by atoms with E-state index in [1.165, 1.54) is 54.1 Å². The molecule has 18 rings (SSSR count). The van der Waals surface area contributed by atoms with E-state index < -0.39 is 0 Å². The zero-order valence-electron chi connectivity index (χ0n) is 45.3. The molecular formula is C78H48N4O2. The Hall–Kier alpha value is -11.3. The number of aromatic nitrogens is 2. The van der Waals surface area contributed by atoms with Crippen molar-refractivity contribution in [2.24, 2.45) is 0 Å². The average molecular weight is 1070 g/mol. The molecule has 0 spiro atoms. The normalized spacial score (nSPS) is 12.0. The molecule has 4 heterocycles. The number of rotatable bonds is 8. The minimum atomic E-state index is 0.820. The quantitative estimate of drug-likeness (QED) is 0.152. The maximum Gasteiger partial charge on any atom is 0.137 e. The smallest absolute Gasteiger partial charge is 0.137 e. The second kappa shape index (κ2) is 18.1. The lowest BCUT2D eigenvalue weighted by molar-refractivity contribution is 0.668. The SMILES string of the molecule is c1ccc(N(c2ccc3c(c2)oc2ccc4c(ccc5oc6cc(N(c7ccccc7)c7ccc8c9c%10ccccc%10ccc9n(-c9ccccc9)c8c7)ccc6c54)c23)c2ccc3c4c5ccccc5ccc4n(-c4ccccc4)c3c2)cc1. The molecule has 0 atom stereocenters. The number of hydrogen-bond acceptors (Lipinski definition) is 4. The molecule has 84 heavy (non-hydrogen) atoms. The Morgan fingerprint density at radius 3 is 1.00 bits per heavy atom. The van der Waals surface area contributed by atoms with Crippen LogP contribution in [0.15, 0.2) is 300 Å². The van der Waals surface area contributed by atoms with Gasteiger partial charge >= 0.3 is 0 Å². The van der Waals surface area contributed by atoms with Gasteiger partial charge in [0.1, 0.15) is 22.3 Å². The highest BCUT2D eigenvalue weighted by Gasteiger charge is 2.24. The first-order chi connectivity index (χ1) is 41.7. The van der Waals surface area contributed by atoms with E-state index in [2.05, 4.69) is 310 Å². The van der Waals surface area contributed by atoms with Gasteiger partial charge in [-0.25, -0.2) is 0 Å². The zero-order valence-corrected chi connectivity index (χ0v) is 45.3. The van der Waals surface area contributed by atoms with Crippen LogP contribution in [-0.2, 0) is 0 Å². The van der Waals surface area contributed by atoms with Gasteiger partial charge in [-0.1, -0.05) is 146 Å². The molecular weight excluding hydrogens is 1020 g/mol. The Kier molecular flexibility index (Phi) is 9.99. The number of furan rings is 2. The molecule has 0 saturated carbocycles. The number of hydrogen-bond donors (Lipinski definition) is 0. The maximum atomic E-state index is 6.89. The first kappa shape index (κ1) is 46.4. The first-order valence-corrected chi connectivity index (χ1v) is 28.6. The van der Waals surface area contributed by atoms with E-state index in [4.69, 9.17) is 8.83 Å². The molecule has 0 aliphatic heterocycles. The lowest BCUT2D eigenvalue weighted by Gasteiger charge is -2.25. The van der Waals surface area contributed by atoms with E-state index in [-0.39, 0.29) is 0 Å². The number of anilines is 6. The van der Waals surface area contributed by atoms with Crippen LogP contribution in [0.4, 0.5) is 34.1 Å². The summed E-state index contributed by atoms with van der Waals surface area (Å²) in [5.74, 6) is 0. The van der Waals surface area contributed by atoms with Crippen LogP contribution in [0.1, 0.15) is 0 Å². The Morgan fingerprint density at radius 1 is 0.214 bits per heavy atom. The van der Waals surface area contributed by atoms with Gasteiger partial charge in [-0.15, -0.1) is 0 Å². The van der Waals surface area contributed by atoms with Gasteiger partial charge in [-0.05, 0) is 166 Å². The molecule has 0 radical (unpaired) electrons. The summed E-state index contributed by atoms with van der Waals surface area (Å²) in [6, 6.07) is 105. The van der Waals surface area contributed by atoms with Crippen molar-refractivity contribution >= 4 is 154 Å². The second-order valence-electron chi connectivity index (χ2n) is 22.0. The predicted molar refractivity (Wildman–Crippen MR) is 352 cm³/mol.